The molecule has 0 fully saturated rings. The zero-order valence-electron chi connectivity index (χ0n) is 14.0. The summed E-state index contributed by atoms with van der Waals surface area (Å²) in [6, 6.07) is 5.14. The highest BCUT2D eigenvalue weighted by Gasteiger charge is 2.24. The van der Waals surface area contributed by atoms with E-state index in [1.807, 2.05) is 0 Å². The number of carbonyl (C=O) groups is 1. The Morgan fingerprint density at radius 2 is 1.89 bits per heavy atom. The molecule has 0 spiro atoms. The maximum absolute atomic E-state index is 13.6. The van der Waals surface area contributed by atoms with Gasteiger partial charge in [-0.15, -0.1) is 0 Å². The molecule has 0 radical (unpaired) electrons. The smallest absolute Gasteiger partial charge is 0.333 e. The van der Waals surface area contributed by atoms with Crippen molar-refractivity contribution in [2.24, 2.45) is 0 Å². The molecule has 28 heavy (non-hydrogen) atoms. The van der Waals surface area contributed by atoms with Gasteiger partial charge in [0.05, 0.1) is 16.1 Å². The van der Waals surface area contributed by atoms with Crippen LogP contribution in [0.2, 0.25) is 10.0 Å². The number of amides is 2. The molecule has 0 aliphatic rings. The number of urea groups is 1. The number of carbonyl (C=O) groups excluding carboxylic acids is 1. The molecule has 7 nitrogen and oxygen atoms in total. The first kappa shape index (κ1) is 20.1. The van der Waals surface area contributed by atoms with Crippen molar-refractivity contribution in [1.82, 2.24) is 4.72 Å². The zero-order chi connectivity index (χ0) is 20.6. The van der Waals surface area contributed by atoms with Crippen LogP contribution in [-0.2, 0) is 10.0 Å². The Labute approximate surface area is 168 Å². The number of rotatable bonds is 3. The molecule has 3 aromatic rings. The molecule has 0 saturated carbocycles. The average molecular weight is 445 g/mol. The number of hydrogen-bond acceptors (Lipinski definition) is 5. The van der Waals surface area contributed by atoms with Crippen molar-refractivity contribution < 1.29 is 22.0 Å². The molecule has 0 saturated heterocycles. The van der Waals surface area contributed by atoms with E-state index >= 15 is 0 Å². The second kappa shape index (κ2) is 7.42. The Balaban J connectivity index is 1.92. The molecular formula is C17H11Cl2FN2O5S. The van der Waals surface area contributed by atoms with Crippen molar-refractivity contribution in [3.8, 4) is 0 Å². The van der Waals surface area contributed by atoms with Gasteiger partial charge < -0.3 is 9.73 Å². The molecule has 0 unspecified atom stereocenters. The Bertz CT molecular complexity index is 1270. The van der Waals surface area contributed by atoms with E-state index in [0.29, 0.717) is 11.3 Å². The van der Waals surface area contributed by atoms with Gasteiger partial charge in [0.2, 0.25) is 5.43 Å². The van der Waals surface area contributed by atoms with E-state index in [1.165, 1.54) is 25.1 Å². The van der Waals surface area contributed by atoms with E-state index in [0.717, 1.165) is 12.1 Å². The highest BCUT2D eigenvalue weighted by molar-refractivity contribution is 7.90. The van der Waals surface area contributed by atoms with Gasteiger partial charge in [0.25, 0.3) is 10.0 Å². The summed E-state index contributed by atoms with van der Waals surface area (Å²) in [5.41, 5.74) is -0.854. The summed E-state index contributed by atoms with van der Waals surface area (Å²) in [5, 5.41) is 2.51. The number of sulfonamides is 1. The van der Waals surface area contributed by atoms with Crippen LogP contribution >= 0.6 is 23.2 Å². The van der Waals surface area contributed by atoms with Gasteiger partial charge in [-0.05, 0) is 37.3 Å². The van der Waals surface area contributed by atoms with Crippen molar-refractivity contribution in [3.05, 3.63) is 68.2 Å². The van der Waals surface area contributed by atoms with Crippen molar-refractivity contribution in [2.75, 3.05) is 5.32 Å². The zero-order valence-corrected chi connectivity index (χ0v) is 16.4. The molecule has 11 heteroatoms. The monoisotopic (exact) mass is 444 g/mol. The summed E-state index contributed by atoms with van der Waals surface area (Å²) in [6.45, 7) is 1.39. The van der Waals surface area contributed by atoms with Crippen molar-refractivity contribution in [1.29, 1.82) is 0 Å². The van der Waals surface area contributed by atoms with Crippen LogP contribution in [0.15, 0.2) is 50.7 Å². The lowest BCUT2D eigenvalue weighted by Crippen LogP contribution is -2.36. The van der Waals surface area contributed by atoms with E-state index in [-0.39, 0.29) is 27.2 Å². The summed E-state index contributed by atoms with van der Waals surface area (Å²) < 4.78 is 45.3. The predicted molar refractivity (Wildman–Crippen MR) is 103 cm³/mol. The molecule has 0 aliphatic carbocycles. The minimum atomic E-state index is -4.58. The average Bonchev–Trinajstić information content (AvgIpc) is 2.60. The van der Waals surface area contributed by atoms with Crippen LogP contribution in [0.5, 0.6) is 0 Å². The molecular weight excluding hydrogens is 434 g/mol. The summed E-state index contributed by atoms with van der Waals surface area (Å²) in [7, 11) is -4.58. The first-order valence-electron chi connectivity index (χ1n) is 7.59. The maximum Gasteiger partial charge on any atom is 0.333 e. The molecule has 2 amide bonds. The minimum absolute atomic E-state index is 0.0571. The van der Waals surface area contributed by atoms with Crippen LogP contribution in [0, 0.1) is 12.7 Å². The minimum Gasteiger partial charge on any atom is -0.462 e. The van der Waals surface area contributed by atoms with Crippen LogP contribution in [0.3, 0.4) is 0 Å². The quantitative estimate of drug-likeness (QED) is 0.633. The molecule has 0 atom stereocenters. The number of halogens is 3. The summed E-state index contributed by atoms with van der Waals surface area (Å²) in [6.07, 6.45) is 0.655. The maximum atomic E-state index is 13.6. The van der Waals surface area contributed by atoms with E-state index in [2.05, 4.69) is 5.32 Å². The van der Waals surface area contributed by atoms with Gasteiger partial charge in [-0.3, -0.25) is 4.79 Å². The highest BCUT2D eigenvalue weighted by Crippen LogP contribution is 2.25. The van der Waals surface area contributed by atoms with Gasteiger partial charge >= 0.3 is 6.03 Å². The number of anilines is 1. The fraction of sp³-hybridized carbons (Fsp3) is 0.0588. The van der Waals surface area contributed by atoms with Gasteiger partial charge in [-0.25, -0.2) is 22.3 Å². The van der Waals surface area contributed by atoms with Gasteiger partial charge in [0, 0.05) is 10.6 Å². The standard InChI is InChI=1S/C17H11Cl2FN2O5S/c1-8-12(20)4-3-10-15(23)14(7-27-16(8)10)28(25,26)22-17(24)21-13-5-2-9(18)6-11(13)19/h2-7H,1H3,(H2,21,22,24). The topological polar surface area (TPSA) is 105 Å². The molecule has 2 N–H and O–H groups in total. The van der Waals surface area contributed by atoms with Crippen molar-refractivity contribution in [3.63, 3.8) is 0 Å². The lowest BCUT2D eigenvalue weighted by Gasteiger charge is -2.10. The van der Waals surface area contributed by atoms with E-state index in [1.54, 1.807) is 4.72 Å². The normalized spacial score (nSPS) is 11.4. The third-order valence-corrected chi connectivity index (χ3v) is 5.65. The fourth-order valence-electron chi connectivity index (χ4n) is 2.40. The van der Waals surface area contributed by atoms with Crippen LogP contribution in [0.25, 0.3) is 11.0 Å². The Morgan fingerprint density at radius 3 is 2.57 bits per heavy atom. The fourth-order valence-corrected chi connectivity index (χ4v) is 3.79. The van der Waals surface area contributed by atoms with E-state index in [9.17, 15) is 22.4 Å². The second-order valence-corrected chi connectivity index (χ2v) is 8.16. The highest BCUT2D eigenvalue weighted by atomic mass is 35.5. The van der Waals surface area contributed by atoms with Gasteiger partial charge in [-0.1, -0.05) is 23.2 Å². The van der Waals surface area contributed by atoms with Gasteiger partial charge in [-0.2, -0.15) is 0 Å². The molecule has 1 heterocycles. The SMILES string of the molecule is Cc1c(F)ccc2c(=O)c(S(=O)(=O)NC(=O)Nc3ccc(Cl)cc3Cl)coc12. The van der Waals surface area contributed by atoms with Crippen molar-refractivity contribution >= 4 is 55.9 Å². The van der Waals surface area contributed by atoms with Crippen LogP contribution in [0.4, 0.5) is 14.9 Å². The predicted octanol–water partition coefficient (Wildman–Crippen LogP) is 4.06. The number of fused-ring (bicyclic) bond motifs is 1. The lowest BCUT2D eigenvalue weighted by molar-refractivity contribution is 0.256. The second-order valence-electron chi connectivity index (χ2n) is 5.66. The third-order valence-electron chi connectivity index (χ3n) is 3.79. The molecule has 146 valence electrons. The molecule has 3 rings (SSSR count). The first-order valence-corrected chi connectivity index (χ1v) is 9.83. The first-order chi connectivity index (χ1) is 13.1. The number of benzene rings is 2. The molecule has 1 aromatic heterocycles. The van der Waals surface area contributed by atoms with Gasteiger partial charge in [0.15, 0.2) is 4.90 Å². The van der Waals surface area contributed by atoms with Crippen LogP contribution in [0.1, 0.15) is 5.56 Å². The summed E-state index contributed by atoms with van der Waals surface area (Å²) >= 11 is 11.7. The number of aryl methyl sites for hydroxylation is 1. The van der Waals surface area contributed by atoms with Gasteiger partial charge in [0.1, 0.15) is 17.7 Å². The van der Waals surface area contributed by atoms with Crippen molar-refractivity contribution in [2.45, 2.75) is 11.8 Å². The Morgan fingerprint density at radius 1 is 1.18 bits per heavy atom. The Hall–Kier alpha value is -2.62. The van der Waals surface area contributed by atoms with Crippen LogP contribution in [-0.4, -0.2) is 14.4 Å². The summed E-state index contributed by atoms with van der Waals surface area (Å²) in [4.78, 5) is 23.7. The Kier molecular flexibility index (Phi) is 5.33. The third kappa shape index (κ3) is 3.82. The molecule has 2 aromatic carbocycles. The molecule has 0 aliphatic heterocycles. The van der Waals surface area contributed by atoms with Crippen LogP contribution < -0.4 is 15.5 Å². The summed E-state index contributed by atoms with van der Waals surface area (Å²) in [5.74, 6) is -0.608. The lowest BCUT2D eigenvalue weighted by atomic mass is 10.1. The number of nitrogens with one attached hydrogen (secondary N) is 2. The number of hydrogen-bond donors (Lipinski definition) is 2. The van der Waals surface area contributed by atoms with E-state index in [4.69, 9.17) is 27.6 Å². The largest absolute Gasteiger partial charge is 0.462 e. The van der Waals surface area contributed by atoms with E-state index < -0.39 is 32.2 Å². The molecule has 0 bridgehead atoms.